The van der Waals surface area contributed by atoms with E-state index in [1.807, 2.05) is 6.92 Å². The average Bonchev–Trinajstić information content (AvgIpc) is 2.50. The van der Waals surface area contributed by atoms with Crippen molar-refractivity contribution in [3.05, 3.63) is 0 Å². The number of nitrogens with one attached hydrogen (secondary N) is 1. The van der Waals surface area contributed by atoms with Crippen molar-refractivity contribution in [3.63, 3.8) is 0 Å². The molecule has 0 aliphatic heterocycles. The van der Waals surface area contributed by atoms with Gasteiger partial charge in [0.2, 0.25) is 0 Å². The fourth-order valence-electron chi connectivity index (χ4n) is 2.81. The first-order chi connectivity index (χ1) is 10.9. The number of hydrogen-bond acceptors (Lipinski definition) is 4. The predicted molar refractivity (Wildman–Crippen MR) is 87.0 cm³/mol. The van der Waals surface area contributed by atoms with Gasteiger partial charge in [-0.1, -0.05) is 19.3 Å². The summed E-state index contributed by atoms with van der Waals surface area (Å²) in [6, 6.07) is -1.00. The van der Waals surface area contributed by atoms with E-state index in [1.54, 1.807) is 0 Å². The number of carboxylic acids is 1. The first kappa shape index (κ1) is 19.1. The molecule has 2 atom stereocenters. The first-order valence-electron chi connectivity index (χ1n) is 8.15. The number of aliphatic imine (C=N–C) groups is 1. The molecule has 6 N–H and O–H groups in total. The van der Waals surface area contributed by atoms with Gasteiger partial charge in [0.15, 0.2) is 5.96 Å². The van der Waals surface area contributed by atoms with Crippen LogP contribution in [0.1, 0.15) is 51.9 Å². The smallest absolute Gasteiger partial charge is 0.408 e. The molecule has 0 bridgehead atoms. The molecule has 1 fully saturated rings. The molecule has 0 aromatic carbocycles. The molecule has 8 heteroatoms. The molecule has 0 saturated heterocycles. The van der Waals surface area contributed by atoms with E-state index < -0.39 is 18.1 Å². The Morgan fingerprint density at radius 2 is 1.96 bits per heavy atom. The number of carboxylic acid groups (broad SMARTS) is 1. The highest BCUT2D eigenvalue weighted by molar-refractivity contribution is 5.79. The molecule has 0 spiro atoms. The molecule has 132 valence electrons. The van der Waals surface area contributed by atoms with Crippen LogP contribution in [0.15, 0.2) is 4.99 Å². The molecular formula is C15H28N4O4. The molecule has 0 aromatic rings. The molecule has 0 radical (unpaired) electrons. The van der Waals surface area contributed by atoms with Crippen LogP contribution in [0.3, 0.4) is 0 Å². The Hall–Kier alpha value is -1.99. The van der Waals surface area contributed by atoms with E-state index in [0.29, 0.717) is 18.9 Å². The van der Waals surface area contributed by atoms with Gasteiger partial charge < -0.3 is 26.6 Å². The second-order valence-corrected chi connectivity index (χ2v) is 5.99. The average molecular weight is 328 g/mol. The van der Waals surface area contributed by atoms with Crippen molar-refractivity contribution in [2.45, 2.75) is 64.0 Å². The van der Waals surface area contributed by atoms with Crippen LogP contribution in [0, 0.1) is 5.92 Å². The Morgan fingerprint density at radius 1 is 1.30 bits per heavy atom. The molecule has 0 heterocycles. The lowest BCUT2D eigenvalue weighted by molar-refractivity contribution is -0.139. The number of amides is 1. The van der Waals surface area contributed by atoms with Crippen LogP contribution in [0.5, 0.6) is 0 Å². The molecule has 23 heavy (non-hydrogen) atoms. The molecular weight excluding hydrogens is 300 g/mol. The molecule has 1 aliphatic rings. The predicted octanol–water partition coefficient (Wildman–Crippen LogP) is 1.19. The SMILES string of the molecule is CC(OC(=O)N[C@H](CCCN=C(N)N)C(=O)O)C1CCCCC1. The van der Waals surface area contributed by atoms with Crippen molar-refractivity contribution in [2.75, 3.05) is 6.54 Å². The maximum atomic E-state index is 11.9. The minimum atomic E-state index is -1.10. The Kier molecular flexibility index (Phi) is 8.21. The van der Waals surface area contributed by atoms with Gasteiger partial charge in [-0.25, -0.2) is 9.59 Å². The number of rotatable bonds is 8. The number of aliphatic carboxylic acids is 1. The normalized spacial score (nSPS) is 17.8. The third-order valence-corrected chi connectivity index (χ3v) is 4.14. The van der Waals surface area contributed by atoms with Gasteiger partial charge in [0, 0.05) is 6.54 Å². The Balaban J connectivity index is 2.37. The Labute approximate surface area is 136 Å². The molecule has 1 saturated carbocycles. The second kappa shape index (κ2) is 9.91. The van der Waals surface area contributed by atoms with Crippen molar-refractivity contribution >= 4 is 18.0 Å². The van der Waals surface area contributed by atoms with Crippen LogP contribution in [0.4, 0.5) is 4.79 Å². The van der Waals surface area contributed by atoms with E-state index in [0.717, 1.165) is 25.7 Å². The third kappa shape index (κ3) is 7.71. The van der Waals surface area contributed by atoms with E-state index >= 15 is 0 Å². The third-order valence-electron chi connectivity index (χ3n) is 4.14. The lowest BCUT2D eigenvalue weighted by atomic mass is 9.86. The van der Waals surface area contributed by atoms with Crippen LogP contribution < -0.4 is 16.8 Å². The highest BCUT2D eigenvalue weighted by Crippen LogP contribution is 2.27. The summed E-state index contributed by atoms with van der Waals surface area (Å²) in [6.07, 6.45) is 5.44. The van der Waals surface area contributed by atoms with Gasteiger partial charge in [-0.3, -0.25) is 4.99 Å². The summed E-state index contributed by atoms with van der Waals surface area (Å²) < 4.78 is 5.33. The summed E-state index contributed by atoms with van der Waals surface area (Å²) in [4.78, 5) is 26.9. The number of guanidine groups is 1. The van der Waals surface area contributed by atoms with Gasteiger partial charge >= 0.3 is 12.1 Å². The number of nitrogens with zero attached hydrogens (tertiary/aromatic N) is 1. The number of carbonyl (C=O) groups excluding carboxylic acids is 1. The molecule has 0 aromatic heterocycles. The van der Waals surface area contributed by atoms with Gasteiger partial charge in [0.25, 0.3) is 0 Å². The molecule has 1 rings (SSSR count). The van der Waals surface area contributed by atoms with E-state index in [2.05, 4.69) is 10.3 Å². The van der Waals surface area contributed by atoms with Gasteiger partial charge in [-0.15, -0.1) is 0 Å². The van der Waals surface area contributed by atoms with E-state index in [-0.39, 0.29) is 18.5 Å². The first-order valence-corrected chi connectivity index (χ1v) is 8.15. The molecule has 8 nitrogen and oxygen atoms in total. The van der Waals surface area contributed by atoms with Crippen molar-refractivity contribution in [3.8, 4) is 0 Å². The lowest BCUT2D eigenvalue weighted by Gasteiger charge is -2.27. The molecule has 1 aliphatic carbocycles. The monoisotopic (exact) mass is 328 g/mol. The quantitative estimate of drug-likeness (QED) is 0.300. The summed E-state index contributed by atoms with van der Waals surface area (Å²) in [7, 11) is 0. The van der Waals surface area contributed by atoms with Crippen molar-refractivity contribution < 1.29 is 19.4 Å². The summed E-state index contributed by atoms with van der Waals surface area (Å²) >= 11 is 0. The van der Waals surface area contributed by atoms with Crippen LogP contribution in [-0.2, 0) is 9.53 Å². The second-order valence-electron chi connectivity index (χ2n) is 5.99. The molecule has 1 unspecified atom stereocenters. The zero-order valence-electron chi connectivity index (χ0n) is 13.7. The van der Waals surface area contributed by atoms with Crippen molar-refractivity contribution in [2.24, 2.45) is 22.4 Å². The summed E-state index contributed by atoms with van der Waals surface area (Å²) in [5.74, 6) is -0.776. The van der Waals surface area contributed by atoms with Crippen LogP contribution in [0.2, 0.25) is 0 Å². The maximum absolute atomic E-state index is 11.9. The zero-order chi connectivity index (χ0) is 17.2. The number of hydrogen-bond donors (Lipinski definition) is 4. The van der Waals surface area contributed by atoms with E-state index in [4.69, 9.17) is 21.3 Å². The molecule has 1 amide bonds. The Morgan fingerprint density at radius 3 is 2.52 bits per heavy atom. The fourth-order valence-corrected chi connectivity index (χ4v) is 2.81. The summed E-state index contributed by atoms with van der Waals surface area (Å²) in [5, 5.41) is 11.6. The van der Waals surface area contributed by atoms with Crippen molar-refractivity contribution in [1.29, 1.82) is 0 Å². The zero-order valence-corrected chi connectivity index (χ0v) is 13.7. The van der Waals surface area contributed by atoms with Crippen LogP contribution in [0.25, 0.3) is 0 Å². The van der Waals surface area contributed by atoms with Gasteiger partial charge in [0.05, 0.1) is 0 Å². The standard InChI is InChI=1S/C15H28N4O4/c1-10(11-6-3-2-4-7-11)23-15(22)19-12(13(20)21)8-5-9-18-14(16)17/h10-12H,2-9H2,1H3,(H,19,22)(H,20,21)(H4,16,17,18)/t10?,12-/m1/s1. The fraction of sp³-hybridized carbons (Fsp3) is 0.800. The number of ether oxygens (including phenoxy) is 1. The Bertz CT molecular complexity index is 418. The van der Waals surface area contributed by atoms with E-state index in [1.165, 1.54) is 6.42 Å². The lowest BCUT2D eigenvalue weighted by Crippen LogP contribution is -2.43. The minimum absolute atomic E-state index is 0.0365. The minimum Gasteiger partial charge on any atom is -0.480 e. The number of carbonyl (C=O) groups is 2. The topological polar surface area (TPSA) is 140 Å². The highest BCUT2D eigenvalue weighted by Gasteiger charge is 2.25. The van der Waals surface area contributed by atoms with E-state index in [9.17, 15) is 9.59 Å². The number of nitrogens with two attached hydrogens (primary N) is 2. The highest BCUT2D eigenvalue weighted by atomic mass is 16.6. The van der Waals surface area contributed by atoms with Crippen molar-refractivity contribution in [1.82, 2.24) is 5.32 Å². The van der Waals surface area contributed by atoms with Gasteiger partial charge in [-0.2, -0.15) is 0 Å². The number of alkyl carbamates (subject to hydrolysis) is 1. The summed E-state index contributed by atoms with van der Waals surface area (Å²) in [5.41, 5.74) is 10.4. The van der Waals surface area contributed by atoms with Gasteiger partial charge in [0.1, 0.15) is 12.1 Å². The summed E-state index contributed by atoms with van der Waals surface area (Å²) in [6.45, 7) is 2.19. The largest absolute Gasteiger partial charge is 0.480 e. The maximum Gasteiger partial charge on any atom is 0.408 e. The van der Waals surface area contributed by atoms with Crippen LogP contribution >= 0.6 is 0 Å². The van der Waals surface area contributed by atoms with Crippen LogP contribution in [-0.4, -0.2) is 41.8 Å². The van der Waals surface area contributed by atoms with Gasteiger partial charge in [-0.05, 0) is 38.5 Å².